The minimum absolute atomic E-state index is 0.242. The number of carbonyl (C=O) groups is 1. The number of anilines is 1. The zero-order valence-electron chi connectivity index (χ0n) is 10.3. The topological polar surface area (TPSA) is 61.6 Å². The molecule has 0 radical (unpaired) electrons. The van der Waals surface area contributed by atoms with Crippen LogP contribution in [0.3, 0.4) is 0 Å². The predicted octanol–water partition coefficient (Wildman–Crippen LogP) is 0.300. The third-order valence-electron chi connectivity index (χ3n) is 2.95. The molecule has 1 aromatic carbocycles. The number of rotatable bonds is 2. The van der Waals surface area contributed by atoms with Gasteiger partial charge in [0, 0.05) is 37.4 Å². The summed E-state index contributed by atoms with van der Waals surface area (Å²) in [6.45, 7) is 3.30. The summed E-state index contributed by atoms with van der Waals surface area (Å²) in [5.74, 6) is -0.829. The van der Waals surface area contributed by atoms with Crippen molar-refractivity contribution in [2.45, 2.75) is 0 Å². The summed E-state index contributed by atoms with van der Waals surface area (Å²) in [7, 11) is 2.03. The van der Waals surface area contributed by atoms with E-state index in [1.807, 2.05) is 12.1 Å². The molecule has 1 aliphatic heterocycles. The van der Waals surface area contributed by atoms with Gasteiger partial charge in [-0.1, -0.05) is 0 Å². The molecule has 0 aliphatic carbocycles. The Morgan fingerprint density at radius 1 is 1.28 bits per heavy atom. The fraction of sp³-hybridized carbons (Fsp3) is 0.417. The molecule has 3 N–H and O–H groups in total. The average Bonchev–Trinajstić information content (AvgIpc) is 2.31. The van der Waals surface area contributed by atoms with Gasteiger partial charge in [-0.2, -0.15) is 0 Å². The van der Waals surface area contributed by atoms with E-state index in [0.29, 0.717) is 0 Å². The molecule has 0 aromatic heterocycles. The number of benzene rings is 1. The number of likely N-dealkylation sites (N-methyl/N-ethyl adjacent to an activating group) is 1. The summed E-state index contributed by atoms with van der Waals surface area (Å²) < 4.78 is 13.1. The third kappa shape index (κ3) is 3.18. The van der Waals surface area contributed by atoms with Crippen LogP contribution >= 0.6 is 0 Å². The summed E-state index contributed by atoms with van der Waals surface area (Å²) in [4.78, 5) is 14.1. The average molecular weight is 252 g/mol. The first-order valence-electron chi connectivity index (χ1n) is 5.85. The minimum atomic E-state index is -0.501. The van der Waals surface area contributed by atoms with E-state index in [0.717, 1.165) is 26.2 Å². The summed E-state index contributed by atoms with van der Waals surface area (Å²) >= 11 is 0. The summed E-state index contributed by atoms with van der Waals surface area (Å²) in [5, 5.41) is 1.84. The van der Waals surface area contributed by atoms with Crippen LogP contribution in [0, 0.1) is 5.82 Å². The predicted molar refractivity (Wildman–Crippen MR) is 67.3 cm³/mol. The van der Waals surface area contributed by atoms with Crippen LogP contribution in [-0.4, -0.2) is 49.0 Å². The first kappa shape index (κ1) is 12.8. The van der Waals surface area contributed by atoms with E-state index in [2.05, 4.69) is 10.3 Å². The number of carbonyl (C=O) groups excluding carboxylic acids is 1. The fourth-order valence-electron chi connectivity index (χ4n) is 1.87. The Balaban J connectivity index is 1.99. The molecular weight excluding hydrogens is 235 g/mol. The van der Waals surface area contributed by atoms with Crippen LogP contribution in [0.5, 0.6) is 0 Å². The van der Waals surface area contributed by atoms with E-state index in [1.54, 1.807) is 0 Å². The van der Waals surface area contributed by atoms with Gasteiger partial charge in [-0.25, -0.2) is 9.40 Å². The van der Waals surface area contributed by atoms with E-state index < -0.39 is 5.82 Å². The van der Waals surface area contributed by atoms with E-state index in [4.69, 9.17) is 5.73 Å². The van der Waals surface area contributed by atoms with Crippen molar-refractivity contribution < 1.29 is 9.18 Å². The van der Waals surface area contributed by atoms with Crippen LogP contribution < -0.4 is 11.2 Å². The first-order valence-corrected chi connectivity index (χ1v) is 5.85. The van der Waals surface area contributed by atoms with Crippen molar-refractivity contribution in [2.75, 3.05) is 39.0 Å². The van der Waals surface area contributed by atoms with Crippen molar-refractivity contribution in [3.05, 3.63) is 29.6 Å². The van der Waals surface area contributed by atoms with Crippen molar-refractivity contribution >= 4 is 11.6 Å². The number of hydrazine groups is 1. The number of nitrogens with one attached hydrogen (secondary N) is 1. The fourth-order valence-corrected chi connectivity index (χ4v) is 1.87. The normalized spacial score (nSPS) is 17.7. The van der Waals surface area contributed by atoms with Gasteiger partial charge in [0.05, 0.1) is 0 Å². The Morgan fingerprint density at radius 2 is 1.94 bits per heavy atom. The quantitative estimate of drug-likeness (QED) is 0.743. The van der Waals surface area contributed by atoms with Gasteiger partial charge in [-0.05, 0) is 25.2 Å². The molecule has 5 nitrogen and oxygen atoms in total. The molecule has 2 rings (SSSR count). The van der Waals surface area contributed by atoms with E-state index in [-0.39, 0.29) is 17.2 Å². The number of halogens is 1. The molecule has 1 aliphatic rings. The Bertz CT molecular complexity index is 423. The van der Waals surface area contributed by atoms with Crippen LogP contribution in [0.15, 0.2) is 18.2 Å². The summed E-state index contributed by atoms with van der Waals surface area (Å²) in [6.07, 6.45) is 0. The molecule has 1 amide bonds. The largest absolute Gasteiger partial charge is 0.399 e. The molecule has 6 heteroatoms. The van der Waals surface area contributed by atoms with E-state index in [9.17, 15) is 9.18 Å². The number of nitrogen functional groups attached to an aromatic ring is 1. The molecule has 0 atom stereocenters. The van der Waals surface area contributed by atoms with Crippen LogP contribution in [0.25, 0.3) is 0 Å². The maximum Gasteiger partial charge on any atom is 0.265 e. The standard InChI is InChI=1S/C12H17FN4O/c1-16-2-4-17(5-3-16)15-12(18)9-6-10(13)8-11(14)7-9/h6-8H,2-5,14H2,1H3,(H,15,18). The maximum atomic E-state index is 13.1. The van der Waals surface area contributed by atoms with Gasteiger partial charge in [-0.15, -0.1) is 0 Å². The molecular formula is C12H17FN4O. The Kier molecular flexibility index (Phi) is 3.78. The van der Waals surface area contributed by atoms with Crippen molar-refractivity contribution in [2.24, 2.45) is 0 Å². The highest BCUT2D eigenvalue weighted by atomic mass is 19.1. The zero-order chi connectivity index (χ0) is 13.1. The van der Waals surface area contributed by atoms with Gasteiger partial charge >= 0.3 is 0 Å². The Hall–Kier alpha value is -1.66. The summed E-state index contributed by atoms with van der Waals surface area (Å²) in [6, 6.07) is 3.84. The Labute approximate surface area is 105 Å². The van der Waals surface area contributed by atoms with Gasteiger partial charge in [0.2, 0.25) is 0 Å². The van der Waals surface area contributed by atoms with Crippen LogP contribution in [0.2, 0.25) is 0 Å². The molecule has 98 valence electrons. The second-order valence-electron chi connectivity index (χ2n) is 4.50. The molecule has 1 heterocycles. The number of hydrogen-bond donors (Lipinski definition) is 2. The monoisotopic (exact) mass is 252 g/mol. The van der Waals surface area contributed by atoms with Crippen molar-refractivity contribution in [3.8, 4) is 0 Å². The van der Waals surface area contributed by atoms with Gasteiger partial charge < -0.3 is 10.6 Å². The van der Waals surface area contributed by atoms with Crippen LogP contribution in [-0.2, 0) is 0 Å². The lowest BCUT2D eigenvalue weighted by atomic mass is 10.2. The van der Waals surface area contributed by atoms with Crippen molar-refractivity contribution in [1.29, 1.82) is 0 Å². The van der Waals surface area contributed by atoms with Gasteiger partial charge in [0.1, 0.15) is 5.82 Å². The van der Waals surface area contributed by atoms with Gasteiger partial charge in [0.25, 0.3) is 5.91 Å². The molecule has 1 saturated heterocycles. The molecule has 0 unspecified atom stereocenters. The SMILES string of the molecule is CN1CCN(NC(=O)c2cc(N)cc(F)c2)CC1. The Morgan fingerprint density at radius 3 is 2.56 bits per heavy atom. The van der Waals surface area contributed by atoms with E-state index >= 15 is 0 Å². The number of nitrogens with two attached hydrogens (primary N) is 1. The van der Waals surface area contributed by atoms with Crippen LogP contribution in [0.4, 0.5) is 10.1 Å². The summed E-state index contributed by atoms with van der Waals surface area (Å²) in [5.41, 5.74) is 8.75. The van der Waals surface area contributed by atoms with E-state index in [1.165, 1.54) is 18.2 Å². The molecule has 18 heavy (non-hydrogen) atoms. The molecule has 0 saturated carbocycles. The minimum Gasteiger partial charge on any atom is -0.399 e. The molecule has 1 fully saturated rings. The maximum absolute atomic E-state index is 13.1. The second-order valence-corrected chi connectivity index (χ2v) is 4.50. The molecule has 1 aromatic rings. The zero-order valence-corrected chi connectivity index (χ0v) is 10.3. The lowest BCUT2D eigenvalue weighted by Crippen LogP contribution is -2.52. The van der Waals surface area contributed by atoms with Crippen molar-refractivity contribution in [3.63, 3.8) is 0 Å². The highest BCUT2D eigenvalue weighted by Crippen LogP contribution is 2.11. The number of hydrogen-bond acceptors (Lipinski definition) is 4. The lowest BCUT2D eigenvalue weighted by molar-refractivity contribution is 0.0662. The smallest absolute Gasteiger partial charge is 0.265 e. The van der Waals surface area contributed by atoms with Gasteiger partial charge in [-0.3, -0.25) is 10.2 Å². The second kappa shape index (κ2) is 5.32. The molecule has 0 bridgehead atoms. The van der Waals surface area contributed by atoms with Gasteiger partial charge in [0.15, 0.2) is 0 Å². The first-order chi connectivity index (χ1) is 8.54. The highest BCUT2D eigenvalue weighted by Gasteiger charge is 2.17. The van der Waals surface area contributed by atoms with Crippen molar-refractivity contribution in [1.82, 2.24) is 15.3 Å². The molecule has 0 spiro atoms. The third-order valence-corrected chi connectivity index (χ3v) is 2.95. The number of nitrogens with zero attached hydrogens (tertiary/aromatic N) is 2. The number of amides is 1. The lowest BCUT2D eigenvalue weighted by Gasteiger charge is -2.32. The highest BCUT2D eigenvalue weighted by molar-refractivity contribution is 5.94. The number of piperazine rings is 1. The van der Waals surface area contributed by atoms with Crippen LogP contribution in [0.1, 0.15) is 10.4 Å².